The highest BCUT2D eigenvalue weighted by atomic mass is 35.5. The summed E-state index contributed by atoms with van der Waals surface area (Å²) < 4.78 is 13.3. The van der Waals surface area contributed by atoms with Crippen LogP contribution in [0.5, 0.6) is 0 Å². The number of benzene rings is 1. The number of nitrogens with zero attached hydrogens (tertiary/aromatic N) is 3. The zero-order valence-corrected chi connectivity index (χ0v) is 10.7. The zero-order valence-electron chi connectivity index (χ0n) is 9.20. The van der Waals surface area contributed by atoms with Gasteiger partial charge >= 0.3 is 0 Å². The minimum absolute atomic E-state index is 0.261. The number of halogens is 3. The Kier molecular flexibility index (Phi) is 2.84. The maximum Gasteiger partial charge on any atom is 0.175 e. The fourth-order valence-electron chi connectivity index (χ4n) is 2.14. The van der Waals surface area contributed by atoms with Gasteiger partial charge in [0.15, 0.2) is 10.3 Å². The highest BCUT2D eigenvalue weighted by molar-refractivity contribution is 6.33. The van der Waals surface area contributed by atoms with Gasteiger partial charge in [0.05, 0.1) is 5.69 Å². The van der Waals surface area contributed by atoms with Crippen LogP contribution in [0.15, 0.2) is 24.3 Å². The van der Waals surface area contributed by atoms with Gasteiger partial charge in [-0.1, -0.05) is 29.3 Å². The first-order valence-corrected chi connectivity index (χ1v) is 6.15. The molecule has 0 saturated heterocycles. The Bertz CT molecular complexity index is 618. The van der Waals surface area contributed by atoms with Crippen molar-refractivity contribution in [1.29, 1.82) is 0 Å². The molecule has 1 aliphatic heterocycles. The summed E-state index contributed by atoms with van der Waals surface area (Å²) in [4.78, 5) is 1.90. The smallest absolute Gasteiger partial charge is 0.175 e. The van der Waals surface area contributed by atoms with Crippen LogP contribution in [0, 0.1) is 5.82 Å². The van der Waals surface area contributed by atoms with Crippen LogP contribution in [0.1, 0.15) is 5.56 Å². The molecule has 0 saturated carbocycles. The molecule has 1 aromatic heterocycles. The summed E-state index contributed by atoms with van der Waals surface area (Å²) in [5.41, 5.74) is 2.54. The number of hydrogen-bond donors (Lipinski definition) is 0. The van der Waals surface area contributed by atoms with Crippen LogP contribution in [-0.2, 0) is 6.42 Å². The van der Waals surface area contributed by atoms with Gasteiger partial charge in [-0.25, -0.2) is 4.39 Å². The van der Waals surface area contributed by atoms with E-state index in [1.165, 1.54) is 12.1 Å². The van der Waals surface area contributed by atoms with Crippen molar-refractivity contribution in [1.82, 2.24) is 10.2 Å². The molecule has 0 atom stereocenters. The third kappa shape index (κ3) is 1.91. The van der Waals surface area contributed by atoms with Crippen molar-refractivity contribution in [2.75, 3.05) is 11.4 Å². The SMILES string of the molecule is Fc1ccc2c(c1)N(c1cc(Cl)nnc1Cl)CC2. The van der Waals surface area contributed by atoms with Gasteiger partial charge in [-0.15, -0.1) is 10.2 Å². The minimum atomic E-state index is -0.273. The molecule has 2 aromatic rings. The zero-order chi connectivity index (χ0) is 12.7. The molecule has 18 heavy (non-hydrogen) atoms. The molecule has 0 aliphatic carbocycles. The molecule has 0 N–H and O–H groups in total. The van der Waals surface area contributed by atoms with Crippen LogP contribution in [0.2, 0.25) is 10.3 Å². The highest BCUT2D eigenvalue weighted by Gasteiger charge is 2.23. The molecule has 92 valence electrons. The van der Waals surface area contributed by atoms with Crippen LogP contribution >= 0.6 is 23.2 Å². The standard InChI is InChI=1S/C12H8Cl2FN3/c13-11-6-10(12(14)17-16-11)18-4-3-7-1-2-8(15)5-9(7)18/h1-2,5-6H,3-4H2. The van der Waals surface area contributed by atoms with Gasteiger partial charge in [0.25, 0.3) is 0 Å². The van der Waals surface area contributed by atoms with E-state index in [0.29, 0.717) is 5.69 Å². The molecular formula is C12H8Cl2FN3. The van der Waals surface area contributed by atoms with E-state index in [9.17, 15) is 4.39 Å². The average Bonchev–Trinajstić information content (AvgIpc) is 2.75. The van der Waals surface area contributed by atoms with Gasteiger partial charge in [-0.05, 0) is 24.1 Å². The van der Waals surface area contributed by atoms with Crippen LogP contribution in [0.25, 0.3) is 0 Å². The van der Waals surface area contributed by atoms with Crippen LogP contribution in [0.4, 0.5) is 15.8 Å². The van der Waals surface area contributed by atoms with Crippen molar-refractivity contribution >= 4 is 34.6 Å². The van der Waals surface area contributed by atoms with E-state index in [4.69, 9.17) is 23.2 Å². The van der Waals surface area contributed by atoms with Gasteiger partial charge in [-0.2, -0.15) is 0 Å². The predicted octanol–water partition coefficient (Wildman–Crippen LogP) is 3.62. The molecule has 0 spiro atoms. The molecule has 0 amide bonds. The fourth-order valence-corrected chi connectivity index (χ4v) is 2.47. The van der Waals surface area contributed by atoms with Gasteiger partial charge in [-0.3, -0.25) is 0 Å². The lowest BCUT2D eigenvalue weighted by atomic mass is 10.2. The Morgan fingerprint density at radius 3 is 2.78 bits per heavy atom. The molecule has 3 rings (SSSR count). The lowest BCUT2D eigenvalue weighted by Gasteiger charge is -2.20. The molecule has 6 heteroatoms. The van der Waals surface area contributed by atoms with Crippen molar-refractivity contribution in [2.24, 2.45) is 0 Å². The topological polar surface area (TPSA) is 29.0 Å². The lowest BCUT2D eigenvalue weighted by molar-refractivity contribution is 0.628. The Balaban J connectivity index is 2.11. The van der Waals surface area contributed by atoms with Gasteiger partial charge in [0.1, 0.15) is 5.82 Å². The molecule has 1 aliphatic rings. The number of hydrogen-bond acceptors (Lipinski definition) is 3. The molecule has 0 bridgehead atoms. The molecule has 3 nitrogen and oxygen atoms in total. The second-order valence-electron chi connectivity index (χ2n) is 4.02. The fraction of sp³-hybridized carbons (Fsp3) is 0.167. The summed E-state index contributed by atoms with van der Waals surface area (Å²) in [6.07, 6.45) is 0.839. The normalized spacial score (nSPS) is 13.8. The number of fused-ring (bicyclic) bond motifs is 1. The molecule has 1 aromatic carbocycles. The summed E-state index contributed by atoms with van der Waals surface area (Å²) in [5, 5.41) is 7.96. The molecule has 0 fully saturated rings. The predicted molar refractivity (Wildman–Crippen MR) is 69.2 cm³/mol. The van der Waals surface area contributed by atoms with Crippen LogP contribution in [0.3, 0.4) is 0 Å². The Morgan fingerprint density at radius 2 is 1.94 bits per heavy atom. The monoisotopic (exact) mass is 283 g/mol. The van der Waals surface area contributed by atoms with Gasteiger partial charge in [0, 0.05) is 18.3 Å². The van der Waals surface area contributed by atoms with Gasteiger partial charge < -0.3 is 4.90 Å². The van der Waals surface area contributed by atoms with Crippen molar-refractivity contribution in [3.05, 3.63) is 46.0 Å². The first-order valence-electron chi connectivity index (χ1n) is 5.40. The first kappa shape index (κ1) is 11.7. The summed E-state index contributed by atoms with van der Waals surface area (Å²) in [6, 6.07) is 6.38. The third-order valence-corrected chi connectivity index (χ3v) is 3.39. The summed E-state index contributed by atoms with van der Waals surface area (Å²) in [7, 11) is 0. The van der Waals surface area contributed by atoms with Crippen LogP contribution in [-0.4, -0.2) is 16.7 Å². The Hall–Kier alpha value is -1.39. The van der Waals surface area contributed by atoms with E-state index >= 15 is 0 Å². The molecule has 0 unspecified atom stereocenters. The summed E-state index contributed by atoms with van der Waals surface area (Å²) in [5.74, 6) is -0.273. The van der Waals surface area contributed by atoms with E-state index < -0.39 is 0 Å². The maximum absolute atomic E-state index is 13.3. The first-order chi connectivity index (χ1) is 8.65. The Labute approximate surface area is 113 Å². The molecule has 2 heterocycles. The maximum atomic E-state index is 13.3. The van der Waals surface area contributed by atoms with E-state index in [1.807, 2.05) is 4.90 Å². The second kappa shape index (κ2) is 4.37. The highest BCUT2D eigenvalue weighted by Crippen LogP contribution is 2.38. The largest absolute Gasteiger partial charge is 0.338 e. The summed E-state index contributed by atoms with van der Waals surface area (Å²) in [6.45, 7) is 0.723. The van der Waals surface area contributed by atoms with Crippen molar-refractivity contribution in [3.8, 4) is 0 Å². The molecular weight excluding hydrogens is 276 g/mol. The lowest BCUT2D eigenvalue weighted by Crippen LogP contribution is -2.14. The third-order valence-electron chi connectivity index (χ3n) is 2.93. The number of anilines is 2. The van der Waals surface area contributed by atoms with E-state index in [1.54, 1.807) is 12.1 Å². The number of rotatable bonds is 1. The summed E-state index contributed by atoms with van der Waals surface area (Å²) >= 11 is 11.8. The van der Waals surface area contributed by atoms with Crippen LogP contribution < -0.4 is 4.90 Å². The quantitative estimate of drug-likeness (QED) is 0.801. The van der Waals surface area contributed by atoms with Crippen molar-refractivity contribution < 1.29 is 4.39 Å². The second-order valence-corrected chi connectivity index (χ2v) is 4.76. The van der Waals surface area contributed by atoms with E-state index in [2.05, 4.69) is 10.2 Å². The van der Waals surface area contributed by atoms with Gasteiger partial charge in [0.2, 0.25) is 0 Å². The Morgan fingerprint density at radius 1 is 1.11 bits per heavy atom. The number of aromatic nitrogens is 2. The van der Waals surface area contributed by atoms with E-state index in [-0.39, 0.29) is 16.1 Å². The molecule has 0 radical (unpaired) electrons. The minimum Gasteiger partial charge on any atom is -0.338 e. The van der Waals surface area contributed by atoms with Crippen molar-refractivity contribution in [3.63, 3.8) is 0 Å². The van der Waals surface area contributed by atoms with Crippen molar-refractivity contribution in [2.45, 2.75) is 6.42 Å². The van der Waals surface area contributed by atoms with E-state index in [0.717, 1.165) is 24.2 Å². The average molecular weight is 284 g/mol.